The van der Waals surface area contributed by atoms with Gasteiger partial charge < -0.3 is 4.90 Å². The fraction of sp³-hybridized carbons (Fsp3) is 0.200. The Morgan fingerprint density at radius 3 is 2.78 bits per heavy atom. The number of allylic oxidation sites excluding steroid dienone is 1. The van der Waals surface area contributed by atoms with Gasteiger partial charge in [0.05, 0.1) is 11.0 Å². The third-order valence-corrected chi connectivity index (χ3v) is 4.48. The van der Waals surface area contributed by atoms with Gasteiger partial charge in [-0.2, -0.15) is 0 Å². The van der Waals surface area contributed by atoms with Crippen molar-refractivity contribution in [3.63, 3.8) is 0 Å². The number of nitrogens with zero attached hydrogens (tertiary/aromatic N) is 2. The minimum atomic E-state index is 0.0730. The highest BCUT2D eigenvalue weighted by Gasteiger charge is 2.25. The second kappa shape index (κ2) is 5.20. The minimum absolute atomic E-state index is 0.0730. The molecule has 0 N–H and O–H groups in total. The summed E-state index contributed by atoms with van der Waals surface area (Å²) < 4.78 is 0. The Morgan fingerprint density at radius 2 is 1.96 bits per heavy atom. The average Bonchev–Trinajstić information content (AvgIpc) is 2.94. The Kier molecular flexibility index (Phi) is 3.15. The number of aryl methyl sites for hydroxylation is 1. The monoisotopic (exact) mass is 302 g/mol. The molecule has 2 aliphatic rings. The number of benzene rings is 2. The van der Waals surface area contributed by atoms with E-state index in [1.165, 1.54) is 0 Å². The van der Waals surface area contributed by atoms with E-state index < -0.39 is 0 Å². The first-order valence-corrected chi connectivity index (χ1v) is 7.93. The van der Waals surface area contributed by atoms with Crippen molar-refractivity contribution in [3.8, 4) is 0 Å². The van der Waals surface area contributed by atoms with Crippen molar-refractivity contribution in [3.05, 3.63) is 69.4 Å². The van der Waals surface area contributed by atoms with Crippen LogP contribution in [0.1, 0.15) is 34.8 Å². The molecule has 3 nitrogen and oxygen atoms in total. The Hall–Kier alpha value is -2.68. The maximum Gasteiger partial charge on any atom is 0.258 e. The van der Waals surface area contributed by atoms with E-state index in [-0.39, 0.29) is 5.91 Å². The lowest BCUT2D eigenvalue weighted by molar-refractivity contribution is 0.0986. The first kappa shape index (κ1) is 13.9. The normalized spacial score (nSPS) is 15.2. The highest BCUT2D eigenvalue weighted by atomic mass is 16.2. The Bertz CT molecular complexity index is 970. The fourth-order valence-corrected chi connectivity index (χ4v) is 3.37. The summed E-state index contributed by atoms with van der Waals surface area (Å²) >= 11 is 0. The molecule has 4 rings (SSSR count). The van der Waals surface area contributed by atoms with E-state index in [2.05, 4.69) is 23.2 Å². The molecule has 0 aliphatic carbocycles. The number of hydrogen-bond acceptors (Lipinski definition) is 2. The Labute approximate surface area is 135 Å². The van der Waals surface area contributed by atoms with Crippen LogP contribution in [0.4, 0.5) is 5.69 Å². The van der Waals surface area contributed by atoms with Gasteiger partial charge in [0, 0.05) is 23.4 Å². The lowest BCUT2D eigenvalue weighted by atomic mass is 10.0. The van der Waals surface area contributed by atoms with Crippen LogP contribution in [-0.2, 0) is 0 Å². The molecule has 23 heavy (non-hydrogen) atoms. The molecule has 0 bridgehead atoms. The SMILES string of the molecule is CC1=Cc2c3c(ccc2=N1)=CCCN3C(=O)c1ccccc1C. The summed E-state index contributed by atoms with van der Waals surface area (Å²) in [6, 6.07) is 11.9. The quantitative estimate of drug-likeness (QED) is 0.797. The van der Waals surface area contributed by atoms with Gasteiger partial charge in [-0.3, -0.25) is 9.79 Å². The molecule has 114 valence electrons. The smallest absolute Gasteiger partial charge is 0.258 e. The van der Waals surface area contributed by atoms with Crippen LogP contribution in [0.3, 0.4) is 0 Å². The number of carbonyl (C=O) groups excluding carboxylic acids is 1. The van der Waals surface area contributed by atoms with Gasteiger partial charge in [-0.1, -0.05) is 30.3 Å². The van der Waals surface area contributed by atoms with E-state index in [9.17, 15) is 4.79 Å². The summed E-state index contributed by atoms with van der Waals surface area (Å²) in [5.41, 5.74) is 4.84. The Balaban J connectivity index is 1.90. The molecule has 2 heterocycles. The third-order valence-electron chi connectivity index (χ3n) is 4.48. The average molecular weight is 302 g/mol. The Morgan fingerprint density at radius 1 is 1.13 bits per heavy atom. The molecule has 0 fully saturated rings. The van der Waals surface area contributed by atoms with E-state index in [4.69, 9.17) is 0 Å². The number of carbonyl (C=O) groups is 1. The van der Waals surface area contributed by atoms with Gasteiger partial charge in [0.25, 0.3) is 5.91 Å². The van der Waals surface area contributed by atoms with E-state index in [1.807, 2.05) is 49.1 Å². The molecule has 0 saturated heterocycles. The first-order valence-electron chi connectivity index (χ1n) is 7.93. The first-order chi connectivity index (χ1) is 11.1. The molecule has 0 saturated carbocycles. The van der Waals surface area contributed by atoms with Crippen LogP contribution in [0.25, 0.3) is 12.2 Å². The van der Waals surface area contributed by atoms with Crippen molar-refractivity contribution in [2.75, 3.05) is 11.4 Å². The largest absolute Gasteiger partial charge is 0.307 e. The molecule has 0 unspecified atom stereocenters. The van der Waals surface area contributed by atoms with E-state index >= 15 is 0 Å². The predicted molar refractivity (Wildman–Crippen MR) is 92.8 cm³/mol. The second-order valence-electron chi connectivity index (χ2n) is 6.10. The lowest BCUT2D eigenvalue weighted by Crippen LogP contribution is -2.40. The lowest BCUT2D eigenvalue weighted by Gasteiger charge is -2.28. The zero-order valence-corrected chi connectivity index (χ0v) is 13.3. The predicted octanol–water partition coefficient (Wildman–Crippen LogP) is 2.82. The standard InChI is InChI=1S/C20H18N2O/c1-13-6-3-4-8-16(13)20(23)22-11-5-7-15-9-10-18-17(19(15)22)12-14(2)21-18/h3-4,6-10,12H,5,11H2,1-2H3. The van der Waals surface area contributed by atoms with Crippen molar-refractivity contribution in [2.24, 2.45) is 4.99 Å². The van der Waals surface area contributed by atoms with Crippen molar-refractivity contribution < 1.29 is 4.79 Å². The molecule has 2 aromatic carbocycles. The zero-order valence-electron chi connectivity index (χ0n) is 13.3. The van der Waals surface area contributed by atoms with Crippen molar-refractivity contribution >= 4 is 23.7 Å². The summed E-state index contributed by atoms with van der Waals surface area (Å²) in [4.78, 5) is 19.6. The van der Waals surface area contributed by atoms with Crippen LogP contribution in [-0.4, -0.2) is 12.5 Å². The highest BCUT2D eigenvalue weighted by Crippen LogP contribution is 2.25. The summed E-state index contributed by atoms with van der Waals surface area (Å²) in [5.74, 6) is 0.0730. The van der Waals surface area contributed by atoms with E-state index in [0.29, 0.717) is 6.54 Å². The second-order valence-corrected chi connectivity index (χ2v) is 6.10. The van der Waals surface area contributed by atoms with Crippen molar-refractivity contribution in [2.45, 2.75) is 20.3 Å². The van der Waals surface area contributed by atoms with Crippen molar-refractivity contribution in [1.29, 1.82) is 0 Å². The van der Waals surface area contributed by atoms with Gasteiger partial charge >= 0.3 is 0 Å². The summed E-state index contributed by atoms with van der Waals surface area (Å²) in [7, 11) is 0. The van der Waals surface area contributed by atoms with Crippen LogP contribution in [0.2, 0.25) is 0 Å². The van der Waals surface area contributed by atoms with Gasteiger partial charge in [-0.25, -0.2) is 0 Å². The summed E-state index contributed by atoms with van der Waals surface area (Å²) in [6.45, 7) is 4.69. The molecular formula is C20H18N2O. The highest BCUT2D eigenvalue weighted by molar-refractivity contribution is 6.08. The fourth-order valence-electron chi connectivity index (χ4n) is 3.37. The number of anilines is 1. The molecule has 1 amide bonds. The number of fused-ring (bicyclic) bond motifs is 3. The van der Waals surface area contributed by atoms with Gasteiger partial charge in [0.2, 0.25) is 0 Å². The minimum Gasteiger partial charge on any atom is -0.307 e. The van der Waals surface area contributed by atoms with Crippen LogP contribution in [0, 0.1) is 6.92 Å². The molecule has 0 atom stereocenters. The molecular weight excluding hydrogens is 284 g/mol. The van der Waals surface area contributed by atoms with Crippen LogP contribution in [0.5, 0.6) is 0 Å². The summed E-state index contributed by atoms with van der Waals surface area (Å²) in [6.07, 6.45) is 5.16. The van der Waals surface area contributed by atoms with Gasteiger partial charge in [0.15, 0.2) is 0 Å². The number of hydrogen-bond donors (Lipinski definition) is 0. The number of amides is 1. The van der Waals surface area contributed by atoms with Crippen LogP contribution >= 0.6 is 0 Å². The maximum absolute atomic E-state index is 13.1. The van der Waals surface area contributed by atoms with E-state index in [1.54, 1.807) is 0 Å². The molecule has 0 radical (unpaired) electrons. The van der Waals surface area contributed by atoms with Crippen LogP contribution < -0.4 is 15.5 Å². The van der Waals surface area contributed by atoms with Crippen molar-refractivity contribution in [1.82, 2.24) is 0 Å². The molecule has 2 aliphatic heterocycles. The maximum atomic E-state index is 13.1. The third kappa shape index (κ3) is 2.20. The van der Waals surface area contributed by atoms with Gasteiger partial charge in [0.1, 0.15) is 0 Å². The molecule has 0 spiro atoms. The van der Waals surface area contributed by atoms with E-state index in [0.717, 1.165) is 45.1 Å². The molecule has 0 aromatic heterocycles. The zero-order chi connectivity index (χ0) is 16.0. The number of rotatable bonds is 1. The van der Waals surface area contributed by atoms with Gasteiger partial charge in [-0.05, 0) is 49.3 Å². The molecule has 2 aromatic rings. The molecule has 3 heteroatoms. The van der Waals surface area contributed by atoms with Gasteiger partial charge in [-0.15, -0.1) is 0 Å². The summed E-state index contributed by atoms with van der Waals surface area (Å²) in [5, 5.41) is 2.08. The van der Waals surface area contributed by atoms with Crippen LogP contribution in [0.15, 0.2) is 47.1 Å². The topological polar surface area (TPSA) is 32.7 Å².